The van der Waals surface area contributed by atoms with Crippen LogP contribution in [-0.2, 0) is 35.5 Å². The van der Waals surface area contributed by atoms with Gasteiger partial charge in [0.1, 0.15) is 41.3 Å². The lowest BCUT2D eigenvalue weighted by Gasteiger charge is -2.49. The number of ether oxygens (including phenoxy) is 6. The van der Waals surface area contributed by atoms with Gasteiger partial charge in [-0.3, -0.25) is 0 Å². The number of aliphatic hydroxyl groups is 4. The molecule has 0 radical (unpaired) electrons. The van der Waals surface area contributed by atoms with Gasteiger partial charge in [0.25, 0.3) is 11.8 Å². The van der Waals surface area contributed by atoms with E-state index < -0.39 is 78.9 Å². The van der Waals surface area contributed by atoms with E-state index in [9.17, 15) is 29.2 Å². The first-order chi connectivity index (χ1) is 34.7. The molecular formula is C59H68F4O10. The molecule has 2 aliphatic rings. The highest BCUT2D eigenvalue weighted by atomic mass is 19.3. The first-order valence-corrected chi connectivity index (χ1v) is 24.2. The Labute approximate surface area is 426 Å². The van der Waals surface area contributed by atoms with E-state index in [1.165, 1.54) is 6.07 Å². The van der Waals surface area contributed by atoms with Gasteiger partial charge in [-0.25, -0.2) is 17.6 Å². The molecule has 8 rings (SSSR count). The van der Waals surface area contributed by atoms with Crippen LogP contribution in [-0.4, -0.2) is 95.8 Å². The summed E-state index contributed by atoms with van der Waals surface area (Å²) in [5.41, 5.74) is 5.20. The van der Waals surface area contributed by atoms with E-state index in [1.54, 1.807) is 50.6 Å². The molecule has 4 N–H and O–H groups in total. The molecule has 0 spiro atoms. The van der Waals surface area contributed by atoms with Crippen molar-refractivity contribution in [3.05, 3.63) is 191 Å². The SMILES string of the molecule is C.CC[C@@H]1[C@@H](C)[C@H](OCc2ccccc2)[C@@H](OCc2ccccc2)[C@H](Oc2ccccc2Cc2ccc(OC)cc2)C1(F)F.COc1ccc(Cc2ccccc2O[C@H]2[C@H](O)[C@@H](O)[C@H](O)[C@@H](CO)C2(F)F)cc1. The second-order valence-corrected chi connectivity index (χ2v) is 18.3. The second-order valence-electron chi connectivity index (χ2n) is 18.3. The fourth-order valence-electron chi connectivity index (χ4n) is 9.63. The molecule has 0 bridgehead atoms. The van der Waals surface area contributed by atoms with Gasteiger partial charge in [0.15, 0.2) is 12.2 Å². The van der Waals surface area contributed by atoms with Gasteiger partial charge in [-0.05, 0) is 82.1 Å². The minimum atomic E-state index is -3.76. The van der Waals surface area contributed by atoms with Crippen molar-refractivity contribution in [3.8, 4) is 23.0 Å². The lowest BCUT2D eigenvalue weighted by atomic mass is 9.71. The van der Waals surface area contributed by atoms with Gasteiger partial charge in [0.2, 0.25) is 0 Å². The Hall–Kier alpha value is -6.00. The van der Waals surface area contributed by atoms with Crippen molar-refractivity contribution < 1.29 is 66.4 Å². The Bertz CT molecular complexity index is 2570. The summed E-state index contributed by atoms with van der Waals surface area (Å²) in [7, 11) is 3.18. The molecule has 2 fully saturated rings. The summed E-state index contributed by atoms with van der Waals surface area (Å²) >= 11 is 0. The Kier molecular flexibility index (Phi) is 19.9. The van der Waals surface area contributed by atoms with Crippen LogP contribution < -0.4 is 18.9 Å². The summed E-state index contributed by atoms with van der Waals surface area (Å²) in [5, 5.41) is 39.2. The minimum absolute atomic E-state index is 0. The molecule has 2 aliphatic carbocycles. The zero-order chi connectivity index (χ0) is 51.4. The van der Waals surface area contributed by atoms with Gasteiger partial charge in [0, 0.05) is 18.8 Å². The van der Waals surface area contributed by atoms with Crippen molar-refractivity contribution in [2.45, 2.75) is 108 Å². The normalized spacial score (nSPS) is 25.0. The highest BCUT2D eigenvalue weighted by Crippen LogP contribution is 2.48. The second kappa shape index (κ2) is 25.8. The van der Waals surface area contributed by atoms with E-state index in [-0.39, 0.29) is 26.2 Å². The number of methoxy groups -OCH3 is 2. The maximum atomic E-state index is 16.5. The van der Waals surface area contributed by atoms with Crippen LogP contribution in [0.1, 0.15) is 61.1 Å². The highest BCUT2D eigenvalue weighted by Gasteiger charge is 2.63. The fourth-order valence-corrected chi connectivity index (χ4v) is 9.63. The lowest BCUT2D eigenvalue weighted by molar-refractivity contribution is -0.267. The average molecular weight is 1010 g/mol. The van der Waals surface area contributed by atoms with Crippen molar-refractivity contribution in [2.24, 2.45) is 17.8 Å². The van der Waals surface area contributed by atoms with Crippen molar-refractivity contribution in [3.63, 3.8) is 0 Å². The molecule has 10 nitrogen and oxygen atoms in total. The first-order valence-electron chi connectivity index (χ1n) is 24.2. The molecule has 0 saturated heterocycles. The number of hydrogen-bond acceptors (Lipinski definition) is 10. The van der Waals surface area contributed by atoms with Gasteiger partial charge in [-0.1, -0.05) is 143 Å². The van der Waals surface area contributed by atoms with Gasteiger partial charge < -0.3 is 48.8 Å². The van der Waals surface area contributed by atoms with E-state index in [0.717, 1.165) is 33.6 Å². The average Bonchev–Trinajstić information content (AvgIpc) is 3.39. The zero-order valence-corrected chi connectivity index (χ0v) is 40.8. The van der Waals surface area contributed by atoms with Gasteiger partial charge in [-0.15, -0.1) is 0 Å². The number of alkyl halides is 4. The van der Waals surface area contributed by atoms with E-state index >= 15 is 8.78 Å². The molecule has 73 heavy (non-hydrogen) atoms. The monoisotopic (exact) mass is 1010 g/mol. The number of para-hydroxylation sites is 2. The number of rotatable bonds is 18. The Morgan fingerprint density at radius 3 is 1.33 bits per heavy atom. The summed E-state index contributed by atoms with van der Waals surface area (Å²) in [6, 6.07) is 48.3. The van der Waals surface area contributed by atoms with E-state index in [2.05, 4.69) is 0 Å². The smallest absolute Gasteiger partial charge is 0.294 e. The van der Waals surface area contributed by atoms with Crippen LogP contribution in [0.25, 0.3) is 0 Å². The molecule has 6 aromatic carbocycles. The van der Waals surface area contributed by atoms with Crippen molar-refractivity contribution in [2.75, 3.05) is 20.8 Å². The summed E-state index contributed by atoms with van der Waals surface area (Å²) in [6.45, 7) is 3.06. The highest BCUT2D eigenvalue weighted by molar-refractivity contribution is 5.41. The Balaban J connectivity index is 0.000000253. The largest absolute Gasteiger partial charge is 0.497 e. The van der Waals surface area contributed by atoms with Crippen molar-refractivity contribution >= 4 is 0 Å². The molecule has 0 aromatic heterocycles. The van der Waals surface area contributed by atoms with Crippen LogP contribution in [0, 0.1) is 17.8 Å². The predicted octanol–water partition coefficient (Wildman–Crippen LogP) is 10.5. The van der Waals surface area contributed by atoms with Gasteiger partial charge >= 0.3 is 0 Å². The maximum absolute atomic E-state index is 16.5. The number of benzene rings is 6. The topological polar surface area (TPSA) is 136 Å². The standard InChI is InChI=1S/C37H40F2O4.C21H24F2O6.CH4/c1-4-32-26(2)34(41-24-28-13-7-5-8-14-28)35(42-25-29-15-9-6-10-16-29)36(37(32,38)39)43-33-18-12-11-17-30(33)23-27-19-21-31(40-3)22-20-27;1-28-14-8-6-12(7-9-14)10-13-4-2-3-5-16(13)29-20-19(27)18(26)17(25)15(11-24)21(20,22)23;/h5-22,26,32,34-36H,4,23-25H2,1-3H3;2-9,15,17-20,24-27H,10-11H2,1H3;1H4/t26-,32-,34+,35-,36+;15-,17-,18+,19-,20+;/m11./s1. The van der Waals surface area contributed by atoms with Crippen LogP contribution >= 0.6 is 0 Å². The summed E-state index contributed by atoms with van der Waals surface area (Å²) in [4.78, 5) is 0. The van der Waals surface area contributed by atoms with Crippen LogP contribution in [0.3, 0.4) is 0 Å². The molecule has 0 aliphatic heterocycles. The fraction of sp³-hybridized carbons (Fsp3) is 0.390. The van der Waals surface area contributed by atoms with E-state index in [4.69, 9.17) is 28.4 Å². The molecule has 2 saturated carbocycles. The Morgan fingerprint density at radius 1 is 0.479 bits per heavy atom. The molecule has 10 atom stereocenters. The minimum Gasteiger partial charge on any atom is -0.497 e. The van der Waals surface area contributed by atoms with Crippen LogP contribution in [0.2, 0.25) is 0 Å². The third-order valence-electron chi connectivity index (χ3n) is 13.7. The molecule has 0 heterocycles. The quantitative estimate of drug-likeness (QED) is 0.0616. The number of hydrogen-bond donors (Lipinski definition) is 4. The molecule has 6 aromatic rings. The zero-order valence-electron chi connectivity index (χ0n) is 40.8. The molecule has 0 amide bonds. The maximum Gasteiger partial charge on any atom is 0.294 e. The lowest BCUT2D eigenvalue weighted by Crippen LogP contribution is -2.67. The number of aliphatic hydroxyl groups excluding tert-OH is 4. The molecule has 14 heteroatoms. The third kappa shape index (κ3) is 13.4. The predicted molar refractivity (Wildman–Crippen MR) is 272 cm³/mol. The third-order valence-corrected chi connectivity index (χ3v) is 13.7. The Morgan fingerprint density at radius 2 is 0.890 bits per heavy atom. The van der Waals surface area contributed by atoms with E-state index in [1.807, 2.05) is 129 Å². The number of halogens is 4. The first kappa shape index (κ1) is 56.3. The van der Waals surface area contributed by atoms with Crippen LogP contribution in [0.15, 0.2) is 158 Å². The van der Waals surface area contributed by atoms with Crippen LogP contribution in [0.4, 0.5) is 17.6 Å². The van der Waals surface area contributed by atoms with Crippen molar-refractivity contribution in [1.82, 2.24) is 0 Å². The summed E-state index contributed by atoms with van der Waals surface area (Å²) in [5.74, 6) is -8.30. The summed E-state index contributed by atoms with van der Waals surface area (Å²) < 4.78 is 97.9. The van der Waals surface area contributed by atoms with Gasteiger partial charge in [-0.2, -0.15) is 0 Å². The molecule has 392 valence electrons. The molecule has 0 unspecified atom stereocenters. The molecular weight excluding hydrogens is 945 g/mol. The van der Waals surface area contributed by atoms with Crippen molar-refractivity contribution in [1.29, 1.82) is 0 Å². The van der Waals surface area contributed by atoms with E-state index in [0.29, 0.717) is 36.5 Å². The summed E-state index contributed by atoms with van der Waals surface area (Å²) in [6.07, 6.45) is -9.97. The van der Waals surface area contributed by atoms with Crippen LogP contribution in [0.5, 0.6) is 23.0 Å². The van der Waals surface area contributed by atoms with Gasteiger partial charge in [0.05, 0.1) is 52.2 Å².